The second-order valence-corrected chi connectivity index (χ2v) is 4.37. The molecule has 16 heavy (non-hydrogen) atoms. The highest BCUT2D eigenvalue weighted by atomic mass is 16.5. The van der Waals surface area contributed by atoms with E-state index in [0.29, 0.717) is 5.82 Å². The molecule has 1 heterocycles. The normalized spacial score (nSPS) is 18.9. The fourth-order valence-corrected chi connectivity index (χ4v) is 2.37. The largest absolute Gasteiger partial charge is 0.384 e. The molecule has 0 unspecified atom stereocenters. The number of aryl methyl sites for hydroxylation is 1. The molecule has 1 saturated carbocycles. The minimum absolute atomic E-state index is 0.292. The Morgan fingerprint density at radius 2 is 2.06 bits per heavy atom. The van der Waals surface area contributed by atoms with E-state index in [-0.39, 0.29) is 5.60 Å². The van der Waals surface area contributed by atoms with Crippen molar-refractivity contribution in [3.8, 4) is 0 Å². The van der Waals surface area contributed by atoms with E-state index in [4.69, 9.17) is 10.5 Å². The molecule has 0 radical (unpaired) electrons. The van der Waals surface area contributed by atoms with Gasteiger partial charge in [0.1, 0.15) is 11.4 Å². The molecule has 0 amide bonds. The fourth-order valence-electron chi connectivity index (χ4n) is 2.37. The van der Waals surface area contributed by atoms with Crippen molar-refractivity contribution < 1.29 is 4.74 Å². The molecule has 2 N–H and O–H groups in total. The lowest BCUT2D eigenvalue weighted by Gasteiger charge is -2.26. The highest BCUT2D eigenvalue weighted by Crippen LogP contribution is 2.40. The van der Waals surface area contributed by atoms with E-state index in [0.717, 1.165) is 30.8 Å². The number of methoxy groups -OCH3 is 1. The first kappa shape index (κ1) is 11.3. The summed E-state index contributed by atoms with van der Waals surface area (Å²) in [4.78, 5) is 8.91. The summed E-state index contributed by atoms with van der Waals surface area (Å²) < 4.78 is 5.66. The summed E-state index contributed by atoms with van der Waals surface area (Å²) >= 11 is 0. The van der Waals surface area contributed by atoms with E-state index >= 15 is 0 Å². The first-order valence-electron chi connectivity index (χ1n) is 5.89. The van der Waals surface area contributed by atoms with E-state index in [2.05, 4.69) is 16.9 Å². The molecule has 0 aromatic carbocycles. The molecule has 4 heteroatoms. The lowest BCUT2D eigenvalue weighted by Crippen LogP contribution is -2.28. The number of ether oxygens (including phenoxy) is 1. The van der Waals surface area contributed by atoms with Gasteiger partial charge in [0.2, 0.25) is 0 Å². The number of rotatable bonds is 3. The van der Waals surface area contributed by atoms with Gasteiger partial charge in [0.25, 0.3) is 0 Å². The molecule has 88 valence electrons. The van der Waals surface area contributed by atoms with Crippen molar-refractivity contribution in [1.29, 1.82) is 0 Å². The fraction of sp³-hybridized carbons (Fsp3) is 0.667. The van der Waals surface area contributed by atoms with Gasteiger partial charge in [0.05, 0.1) is 0 Å². The van der Waals surface area contributed by atoms with Crippen LogP contribution < -0.4 is 5.73 Å². The van der Waals surface area contributed by atoms with Gasteiger partial charge in [-0.15, -0.1) is 0 Å². The van der Waals surface area contributed by atoms with Crippen molar-refractivity contribution in [1.82, 2.24) is 9.97 Å². The summed E-state index contributed by atoms with van der Waals surface area (Å²) in [6.45, 7) is 2.07. The highest BCUT2D eigenvalue weighted by Gasteiger charge is 2.38. The summed E-state index contributed by atoms with van der Waals surface area (Å²) in [6.07, 6.45) is 5.21. The number of hydrogen-bond donors (Lipinski definition) is 1. The molecule has 1 aromatic heterocycles. The highest BCUT2D eigenvalue weighted by molar-refractivity contribution is 5.31. The summed E-state index contributed by atoms with van der Waals surface area (Å²) in [5, 5.41) is 0. The van der Waals surface area contributed by atoms with Crippen LogP contribution in [-0.2, 0) is 16.8 Å². The Morgan fingerprint density at radius 3 is 2.62 bits per heavy atom. The number of nitrogen functional groups attached to an aromatic ring is 1. The SMILES string of the molecule is CCc1cc(N)nc(C2(OC)CCCC2)n1. The summed E-state index contributed by atoms with van der Waals surface area (Å²) in [6, 6.07) is 1.84. The standard InChI is InChI=1S/C12H19N3O/c1-3-9-8-10(13)15-11(14-9)12(16-2)6-4-5-7-12/h8H,3-7H2,1-2H3,(H2,13,14,15). The van der Waals surface area contributed by atoms with Crippen molar-refractivity contribution in [2.75, 3.05) is 12.8 Å². The molecule has 1 aromatic rings. The summed E-state index contributed by atoms with van der Waals surface area (Å²) in [5.41, 5.74) is 6.51. The zero-order valence-corrected chi connectivity index (χ0v) is 9.99. The van der Waals surface area contributed by atoms with Crippen molar-refractivity contribution >= 4 is 5.82 Å². The molecule has 1 aliphatic rings. The van der Waals surface area contributed by atoms with E-state index < -0.39 is 0 Å². The van der Waals surface area contributed by atoms with Crippen LogP contribution in [-0.4, -0.2) is 17.1 Å². The number of hydrogen-bond acceptors (Lipinski definition) is 4. The second-order valence-electron chi connectivity index (χ2n) is 4.37. The average Bonchev–Trinajstić information content (AvgIpc) is 2.78. The molecule has 1 fully saturated rings. The molecule has 0 saturated heterocycles. The first-order chi connectivity index (χ1) is 7.70. The van der Waals surface area contributed by atoms with E-state index in [1.807, 2.05) is 6.07 Å². The van der Waals surface area contributed by atoms with Crippen LogP contribution in [0.2, 0.25) is 0 Å². The summed E-state index contributed by atoms with van der Waals surface area (Å²) in [7, 11) is 1.74. The van der Waals surface area contributed by atoms with E-state index in [1.165, 1.54) is 12.8 Å². The van der Waals surface area contributed by atoms with Crippen molar-refractivity contribution in [2.45, 2.75) is 44.6 Å². The Labute approximate surface area is 96.2 Å². The van der Waals surface area contributed by atoms with E-state index in [1.54, 1.807) is 7.11 Å². The molecule has 4 nitrogen and oxygen atoms in total. The van der Waals surface area contributed by atoms with Gasteiger partial charge in [-0.3, -0.25) is 0 Å². The quantitative estimate of drug-likeness (QED) is 0.848. The number of aromatic nitrogens is 2. The number of nitrogens with two attached hydrogens (primary N) is 1. The van der Waals surface area contributed by atoms with Gasteiger partial charge in [-0.05, 0) is 32.1 Å². The molecule has 0 aliphatic heterocycles. The monoisotopic (exact) mass is 221 g/mol. The Hall–Kier alpha value is -1.16. The molecular formula is C12H19N3O. The minimum Gasteiger partial charge on any atom is -0.384 e. The van der Waals surface area contributed by atoms with Crippen molar-refractivity contribution in [3.63, 3.8) is 0 Å². The smallest absolute Gasteiger partial charge is 0.162 e. The maximum absolute atomic E-state index is 5.81. The maximum atomic E-state index is 5.81. The van der Waals surface area contributed by atoms with Gasteiger partial charge >= 0.3 is 0 Å². The lowest BCUT2D eigenvalue weighted by atomic mass is 10.0. The van der Waals surface area contributed by atoms with Crippen LogP contribution in [0.15, 0.2) is 6.07 Å². The van der Waals surface area contributed by atoms with Crippen LogP contribution in [0.4, 0.5) is 5.82 Å². The van der Waals surface area contributed by atoms with E-state index in [9.17, 15) is 0 Å². The minimum atomic E-state index is -0.292. The number of nitrogens with zero attached hydrogens (tertiary/aromatic N) is 2. The average molecular weight is 221 g/mol. The molecule has 2 rings (SSSR count). The second kappa shape index (κ2) is 4.37. The summed E-state index contributed by atoms with van der Waals surface area (Å²) in [5.74, 6) is 1.31. The van der Waals surface area contributed by atoms with Crippen LogP contribution >= 0.6 is 0 Å². The van der Waals surface area contributed by atoms with Gasteiger partial charge in [0, 0.05) is 18.9 Å². The molecule has 0 bridgehead atoms. The third-order valence-corrected chi connectivity index (χ3v) is 3.37. The Kier molecular flexibility index (Phi) is 3.10. The first-order valence-corrected chi connectivity index (χ1v) is 5.89. The zero-order valence-electron chi connectivity index (χ0n) is 9.99. The Morgan fingerprint density at radius 1 is 1.38 bits per heavy atom. The molecule has 1 aliphatic carbocycles. The number of anilines is 1. The van der Waals surface area contributed by atoms with Crippen molar-refractivity contribution in [2.24, 2.45) is 0 Å². The Balaban J connectivity index is 2.41. The van der Waals surface area contributed by atoms with Gasteiger partial charge in [-0.2, -0.15) is 0 Å². The van der Waals surface area contributed by atoms with Crippen LogP contribution in [0.25, 0.3) is 0 Å². The predicted octanol–water partition coefficient (Wildman–Crippen LogP) is 2.04. The van der Waals surface area contributed by atoms with Crippen molar-refractivity contribution in [3.05, 3.63) is 17.6 Å². The topological polar surface area (TPSA) is 61.0 Å². The van der Waals surface area contributed by atoms with Gasteiger partial charge < -0.3 is 10.5 Å². The van der Waals surface area contributed by atoms with Crippen LogP contribution in [0, 0.1) is 0 Å². The third-order valence-electron chi connectivity index (χ3n) is 3.37. The molecule has 0 spiro atoms. The molecule has 0 atom stereocenters. The zero-order chi connectivity index (χ0) is 11.6. The lowest BCUT2D eigenvalue weighted by molar-refractivity contribution is -0.0163. The van der Waals surface area contributed by atoms with Gasteiger partial charge in [-0.25, -0.2) is 9.97 Å². The Bertz CT molecular complexity index is 373. The van der Waals surface area contributed by atoms with Gasteiger partial charge in [-0.1, -0.05) is 6.92 Å². The maximum Gasteiger partial charge on any atom is 0.162 e. The third kappa shape index (κ3) is 1.89. The van der Waals surface area contributed by atoms with Gasteiger partial charge in [0.15, 0.2) is 5.82 Å². The molecular weight excluding hydrogens is 202 g/mol. The predicted molar refractivity (Wildman–Crippen MR) is 63.0 cm³/mol. The van der Waals surface area contributed by atoms with Crippen LogP contribution in [0.3, 0.4) is 0 Å². The van der Waals surface area contributed by atoms with Crippen LogP contribution in [0.1, 0.15) is 44.1 Å². The van der Waals surface area contributed by atoms with Crippen LogP contribution in [0.5, 0.6) is 0 Å².